The Balaban J connectivity index is 2.14. The van der Waals surface area contributed by atoms with E-state index in [-0.39, 0.29) is 5.69 Å². The highest BCUT2D eigenvalue weighted by atomic mass is 35.5. The number of aromatic carboxylic acids is 1. The van der Waals surface area contributed by atoms with Gasteiger partial charge in [-0.05, 0) is 25.1 Å². The van der Waals surface area contributed by atoms with Gasteiger partial charge in [0.1, 0.15) is 12.2 Å². The molecule has 0 saturated carbocycles. The molecule has 3 aromatic rings. The minimum Gasteiger partial charge on any atom is -0.476 e. The molecule has 23 heavy (non-hydrogen) atoms. The number of benzene rings is 1. The Morgan fingerprint density at radius 2 is 2.13 bits per heavy atom. The summed E-state index contributed by atoms with van der Waals surface area (Å²) in [7, 11) is 0. The summed E-state index contributed by atoms with van der Waals surface area (Å²) in [5.74, 6) is -0.259. The zero-order valence-corrected chi connectivity index (χ0v) is 12.9. The van der Waals surface area contributed by atoms with Gasteiger partial charge in [-0.15, -0.1) is 0 Å². The Hall–Kier alpha value is -2.73. The van der Waals surface area contributed by atoms with E-state index in [1.165, 1.54) is 6.33 Å². The maximum Gasteiger partial charge on any atom is 0.354 e. The number of aryl methyl sites for hydroxylation is 1. The molecule has 4 rings (SSSR count). The van der Waals surface area contributed by atoms with Crippen molar-refractivity contribution in [2.45, 2.75) is 13.3 Å². The lowest BCUT2D eigenvalue weighted by atomic mass is 10.0. The van der Waals surface area contributed by atoms with Crippen LogP contribution in [0.15, 0.2) is 30.7 Å². The molecule has 2 aromatic heterocycles. The van der Waals surface area contributed by atoms with Gasteiger partial charge in [-0.2, -0.15) is 0 Å². The van der Waals surface area contributed by atoms with Crippen molar-refractivity contribution in [2.24, 2.45) is 0 Å². The lowest BCUT2D eigenvalue weighted by Gasteiger charge is -2.12. The lowest BCUT2D eigenvalue weighted by Crippen LogP contribution is -2.09. The lowest BCUT2D eigenvalue weighted by molar-refractivity contribution is 0.0689. The second-order valence-electron chi connectivity index (χ2n) is 5.32. The van der Waals surface area contributed by atoms with Crippen LogP contribution in [0.4, 0.5) is 0 Å². The van der Waals surface area contributed by atoms with E-state index in [9.17, 15) is 9.90 Å². The van der Waals surface area contributed by atoms with Gasteiger partial charge < -0.3 is 5.11 Å². The van der Waals surface area contributed by atoms with E-state index in [0.29, 0.717) is 22.7 Å². The van der Waals surface area contributed by atoms with Crippen molar-refractivity contribution < 1.29 is 9.90 Å². The molecule has 3 heterocycles. The molecule has 0 spiro atoms. The second-order valence-corrected chi connectivity index (χ2v) is 5.76. The fourth-order valence-corrected chi connectivity index (χ4v) is 3.18. The summed E-state index contributed by atoms with van der Waals surface area (Å²) in [6, 6.07) is 5.46. The molecule has 114 valence electrons. The molecule has 1 aromatic carbocycles. The Bertz CT molecular complexity index is 965. The van der Waals surface area contributed by atoms with Crippen LogP contribution in [0.1, 0.15) is 27.6 Å². The van der Waals surface area contributed by atoms with Crippen molar-refractivity contribution in [3.05, 3.63) is 58.5 Å². The highest BCUT2D eigenvalue weighted by molar-refractivity contribution is 6.30. The highest BCUT2D eigenvalue weighted by Gasteiger charge is 2.26. The molecule has 0 radical (unpaired) electrons. The van der Waals surface area contributed by atoms with E-state index in [4.69, 9.17) is 11.6 Å². The molecule has 0 amide bonds. The molecule has 0 aliphatic carbocycles. The van der Waals surface area contributed by atoms with Crippen molar-refractivity contribution >= 4 is 17.6 Å². The zero-order valence-electron chi connectivity index (χ0n) is 12.1. The first kappa shape index (κ1) is 13.9. The number of halogens is 1. The SMILES string of the molecule is Cc1ncc2n1-c1cc(Cl)ccc1-c1ncnc(C(=O)O)c1C2. The number of nitrogens with zero attached hydrogens (tertiary/aromatic N) is 4. The average Bonchev–Trinajstić information content (AvgIpc) is 2.81. The van der Waals surface area contributed by atoms with E-state index in [0.717, 1.165) is 22.8 Å². The van der Waals surface area contributed by atoms with Crippen LogP contribution in [0.5, 0.6) is 0 Å². The quantitative estimate of drug-likeness (QED) is 0.581. The summed E-state index contributed by atoms with van der Waals surface area (Å²) >= 11 is 6.16. The number of carboxylic acid groups (broad SMARTS) is 1. The first-order valence-electron chi connectivity index (χ1n) is 6.97. The third kappa shape index (κ3) is 2.03. The second kappa shape index (κ2) is 4.89. The number of fused-ring (bicyclic) bond motifs is 5. The molecule has 7 heteroatoms. The van der Waals surface area contributed by atoms with Gasteiger partial charge in [0.25, 0.3) is 0 Å². The van der Waals surface area contributed by atoms with Crippen LogP contribution in [0.3, 0.4) is 0 Å². The van der Waals surface area contributed by atoms with Gasteiger partial charge in [0, 0.05) is 34.5 Å². The van der Waals surface area contributed by atoms with Gasteiger partial charge in [0.15, 0.2) is 5.69 Å². The van der Waals surface area contributed by atoms with Crippen molar-refractivity contribution in [2.75, 3.05) is 0 Å². The Kier molecular flexibility index (Phi) is 2.96. The number of aromatic nitrogens is 4. The van der Waals surface area contributed by atoms with Gasteiger partial charge in [0.2, 0.25) is 0 Å². The Labute approximate surface area is 136 Å². The molecular formula is C16H11ClN4O2. The first-order valence-corrected chi connectivity index (χ1v) is 7.34. The molecule has 1 aliphatic rings. The normalized spacial score (nSPS) is 12.1. The number of carbonyl (C=O) groups is 1. The molecule has 0 saturated heterocycles. The smallest absolute Gasteiger partial charge is 0.354 e. The first-order chi connectivity index (χ1) is 11.1. The van der Waals surface area contributed by atoms with Crippen LogP contribution in [0.2, 0.25) is 5.02 Å². The van der Waals surface area contributed by atoms with Crippen LogP contribution in [-0.2, 0) is 6.42 Å². The van der Waals surface area contributed by atoms with E-state index < -0.39 is 5.97 Å². The number of carboxylic acids is 1. The van der Waals surface area contributed by atoms with E-state index >= 15 is 0 Å². The van der Waals surface area contributed by atoms with Crippen LogP contribution in [0.25, 0.3) is 16.9 Å². The Morgan fingerprint density at radius 1 is 1.30 bits per heavy atom. The minimum atomic E-state index is -1.07. The monoisotopic (exact) mass is 326 g/mol. The topological polar surface area (TPSA) is 80.9 Å². The number of imidazole rings is 1. The van der Waals surface area contributed by atoms with Gasteiger partial charge in [-0.1, -0.05) is 11.6 Å². The molecular weight excluding hydrogens is 316 g/mol. The largest absolute Gasteiger partial charge is 0.476 e. The molecule has 0 bridgehead atoms. The predicted octanol–water partition coefficient (Wildman–Crippen LogP) is 2.89. The number of rotatable bonds is 1. The van der Waals surface area contributed by atoms with E-state index in [1.807, 2.05) is 23.6 Å². The summed E-state index contributed by atoms with van der Waals surface area (Å²) in [6.07, 6.45) is 3.42. The summed E-state index contributed by atoms with van der Waals surface area (Å²) < 4.78 is 1.98. The third-order valence-corrected chi connectivity index (χ3v) is 4.21. The molecule has 0 atom stereocenters. The Morgan fingerprint density at radius 3 is 2.91 bits per heavy atom. The number of hydrogen-bond donors (Lipinski definition) is 1. The van der Waals surface area contributed by atoms with Gasteiger partial charge in [-0.25, -0.2) is 19.7 Å². The fraction of sp³-hybridized carbons (Fsp3) is 0.125. The fourth-order valence-electron chi connectivity index (χ4n) is 3.01. The number of hydrogen-bond acceptors (Lipinski definition) is 4. The third-order valence-electron chi connectivity index (χ3n) is 3.97. The van der Waals surface area contributed by atoms with Crippen molar-refractivity contribution in [1.82, 2.24) is 19.5 Å². The molecule has 1 N–H and O–H groups in total. The van der Waals surface area contributed by atoms with Crippen molar-refractivity contribution in [3.63, 3.8) is 0 Å². The minimum absolute atomic E-state index is 0.0169. The van der Waals surface area contributed by atoms with Crippen LogP contribution >= 0.6 is 11.6 Å². The summed E-state index contributed by atoms with van der Waals surface area (Å²) in [5.41, 5.74) is 3.75. The van der Waals surface area contributed by atoms with Gasteiger partial charge >= 0.3 is 5.97 Å². The molecule has 1 aliphatic heterocycles. The molecule has 0 unspecified atom stereocenters. The summed E-state index contributed by atoms with van der Waals surface area (Å²) in [6.45, 7) is 1.90. The van der Waals surface area contributed by atoms with Crippen molar-refractivity contribution in [1.29, 1.82) is 0 Å². The van der Waals surface area contributed by atoms with E-state index in [2.05, 4.69) is 15.0 Å². The maximum atomic E-state index is 11.5. The van der Waals surface area contributed by atoms with E-state index in [1.54, 1.807) is 12.3 Å². The van der Waals surface area contributed by atoms with Crippen LogP contribution in [-0.4, -0.2) is 30.6 Å². The molecule has 0 fully saturated rings. The summed E-state index contributed by atoms with van der Waals surface area (Å²) in [4.78, 5) is 24.2. The van der Waals surface area contributed by atoms with Crippen LogP contribution in [0, 0.1) is 6.92 Å². The van der Waals surface area contributed by atoms with Gasteiger partial charge in [0.05, 0.1) is 11.4 Å². The molecule has 6 nitrogen and oxygen atoms in total. The van der Waals surface area contributed by atoms with Crippen molar-refractivity contribution in [3.8, 4) is 16.9 Å². The average molecular weight is 327 g/mol. The van der Waals surface area contributed by atoms with Crippen LogP contribution < -0.4 is 0 Å². The highest BCUT2D eigenvalue weighted by Crippen LogP contribution is 2.36. The predicted molar refractivity (Wildman–Crippen MR) is 84.1 cm³/mol. The standard InChI is InChI=1S/C16H11ClN4O2/c1-8-18-6-10-5-12-14(19-7-20-15(12)16(22)23)11-3-2-9(17)4-13(11)21(8)10/h2-4,6-7H,5H2,1H3,(H,22,23). The summed E-state index contributed by atoms with van der Waals surface area (Å²) in [5, 5.41) is 10.0. The zero-order chi connectivity index (χ0) is 16.1. The van der Waals surface area contributed by atoms with Gasteiger partial charge in [-0.3, -0.25) is 4.57 Å². The maximum absolute atomic E-state index is 11.5.